The first-order valence-electron chi connectivity index (χ1n) is 13.9. The van der Waals surface area contributed by atoms with Crippen molar-refractivity contribution in [1.82, 2.24) is 10.2 Å². The molecule has 2 unspecified atom stereocenters. The average Bonchev–Trinajstić information content (AvgIpc) is 2.89. The van der Waals surface area contributed by atoms with Gasteiger partial charge >= 0.3 is 6.09 Å². The van der Waals surface area contributed by atoms with Crippen molar-refractivity contribution >= 4 is 35.6 Å². The number of alkyl carbamates (subject to hydrolysis) is 1. The van der Waals surface area contributed by atoms with Crippen molar-refractivity contribution in [1.29, 1.82) is 0 Å². The Morgan fingerprint density at radius 1 is 1.07 bits per heavy atom. The fraction of sp³-hybridized carbons (Fsp3) is 0.438. The lowest BCUT2D eigenvalue weighted by Gasteiger charge is -2.35. The Bertz CT molecular complexity index is 1230. The molecule has 222 valence electrons. The van der Waals surface area contributed by atoms with Gasteiger partial charge in [0.2, 0.25) is 11.8 Å². The molecule has 0 radical (unpaired) electrons. The number of amides is 4. The number of nitrogens with two attached hydrogens (primary N) is 1. The summed E-state index contributed by atoms with van der Waals surface area (Å²) in [6.07, 6.45) is 2.04. The van der Waals surface area contributed by atoms with Crippen LogP contribution in [0.4, 0.5) is 10.5 Å². The Hall–Kier alpha value is -4.14. The van der Waals surface area contributed by atoms with Crippen molar-refractivity contribution in [2.24, 2.45) is 5.73 Å². The second-order valence-electron chi connectivity index (χ2n) is 11.1. The molecule has 2 rings (SSSR count). The topological polar surface area (TPSA) is 131 Å². The number of carbonyl (C=O) groups excluding carboxylic acids is 4. The smallest absolute Gasteiger partial charge is 0.408 e. The summed E-state index contributed by atoms with van der Waals surface area (Å²) in [6, 6.07) is 10.8. The van der Waals surface area contributed by atoms with E-state index in [1.165, 1.54) is 4.90 Å². The van der Waals surface area contributed by atoms with Crippen LogP contribution in [0.25, 0.3) is 6.08 Å². The molecule has 0 bridgehead atoms. The van der Waals surface area contributed by atoms with Gasteiger partial charge in [0.25, 0.3) is 5.91 Å². The zero-order valence-corrected chi connectivity index (χ0v) is 25.1. The molecule has 41 heavy (non-hydrogen) atoms. The van der Waals surface area contributed by atoms with Crippen LogP contribution in [0.5, 0.6) is 0 Å². The van der Waals surface area contributed by atoms with Crippen LogP contribution in [-0.4, -0.2) is 46.9 Å². The van der Waals surface area contributed by atoms with E-state index in [9.17, 15) is 19.2 Å². The highest BCUT2D eigenvalue weighted by molar-refractivity contribution is 6.00. The van der Waals surface area contributed by atoms with Gasteiger partial charge in [-0.05, 0) is 75.8 Å². The monoisotopic (exact) mass is 564 g/mol. The Kier molecular flexibility index (Phi) is 12.1. The molecule has 9 nitrogen and oxygen atoms in total. The predicted octanol–water partition coefficient (Wildman–Crippen LogP) is 5.41. The highest BCUT2D eigenvalue weighted by Crippen LogP contribution is 2.28. The van der Waals surface area contributed by atoms with Crippen molar-refractivity contribution in [3.8, 4) is 0 Å². The van der Waals surface area contributed by atoms with Crippen molar-refractivity contribution in [2.45, 2.75) is 84.9 Å². The number of anilines is 1. The van der Waals surface area contributed by atoms with Gasteiger partial charge in [-0.2, -0.15) is 0 Å². The van der Waals surface area contributed by atoms with Crippen LogP contribution in [0.2, 0.25) is 0 Å². The number of nitrogens with zero attached hydrogens (tertiary/aromatic N) is 1. The first kappa shape index (κ1) is 33.1. The molecule has 0 aliphatic heterocycles. The molecule has 4 amide bonds. The molecular weight excluding hydrogens is 520 g/mol. The molecule has 0 heterocycles. The number of ether oxygens (including phenoxy) is 1. The van der Waals surface area contributed by atoms with Crippen molar-refractivity contribution in [2.75, 3.05) is 11.9 Å². The highest BCUT2D eigenvalue weighted by Gasteiger charge is 2.36. The average molecular weight is 565 g/mol. The lowest BCUT2D eigenvalue weighted by Crippen LogP contribution is -2.53. The summed E-state index contributed by atoms with van der Waals surface area (Å²) in [5, 5.41) is 5.66. The number of aryl methyl sites for hydroxylation is 2. The molecule has 0 spiro atoms. The van der Waals surface area contributed by atoms with E-state index in [0.29, 0.717) is 17.7 Å². The SMILES string of the molecule is C=Cc1cccc(C(C(=O)Nc2c(C)cccc2C)N(CCCC)C(=O)C(CCC(N)=O)NC(=O)OC(C)(C)C)c1. The Balaban J connectivity index is 2.61. The van der Waals surface area contributed by atoms with Gasteiger partial charge < -0.3 is 26.0 Å². The fourth-order valence-electron chi connectivity index (χ4n) is 4.42. The third-order valence-electron chi connectivity index (χ3n) is 6.46. The van der Waals surface area contributed by atoms with Gasteiger partial charge in [0.1, 0.15) is 17.7 Å². The number of benzene rings is 2. The molecule has 9 heteroatoms. The number of para-hydroxylation sites is 1. The molecule has 4 N–H and O–H groups in total. The third-order valence-corrected chi connectivity index (χ3v) is 6.46. The molecule has 0 saturated heterocycles. The van der Waals surface area contributed by atoms with Crippen LogP contribution in [-0.2, 0) is 19.1 Å². The second kappa shape index (κ2) is 15.0. The van der Waals surface area contributed by atoms with Gasteiger partial charge in [-0.15, -0.1) is 0 Å². The molecule has 0 fully saturated rings. The summed E-state index contributed by atoms with van der Waals surface area (Å²) < 4.78 is 5.39. The molecule has 0 saturated carbocycles. The van der Waals surface area contributed by atoms with E-state index in [2.05, 4.69) is 17.2 Å². The maximum Gasteiger partial charge on any atom is 0.408 e. The molecule has 0 aliphatic rings. The molecule has 2 aromatic carbocycles. The zero-order chi connectivity index (χ0) is 30.7. The van der Waals surface area contributed by atoms with Crippen LogP contribution in [0, 0.1) is 13.8 Å². The Labute approximate surface area is 243 Å². The number of hydrogen-bond acceptors (Lipinski definition) is 5. The summed E-state index contributed by atoms with van der Waals surface area (Å²) in [6.45, 7) is 15.0. The van der Waals surface area contributed by atoms with Crippen LogP contribution < -0.4 is 16.4 Å². The number of primary amides is 1. The number of rotatable bonds is 13. The highest BCUT2D eigenvalue weighted by atomic mass is 16.6. The summed E-state index contributed by atoms with van der Waals surface area (Å²) in [4.78, 5) is 54.2. The third kappa shape index (κ3) is 10.1. The van der Waals surface area contributed by atoms with Crippen molar-refractivity contribution in [3.63, 3.8) is 0 Å². The Morgan fingerprint density at radius 2 is 1.71 bits per heavy atom. The summed E-state index contributed by atoms with van der Waals surface area (Å²) in [5.74, 6) is -1.54. The molecule has 0 aromatic heterocycles. The van der Waals surface area contributed by atoms with Gasteiger partial charge in [0.05, 0.1) is 0 Å². The lowest BCUT2D eigenvalue weighted by molar-refractivity contribution is -0.141. The maximum atomic E-state index is 14.2. The van der Waals surface area contributed by atoms with Crippen LogP contribution in [0.1, 0.15) is 81.7 Å². The van der Waals surface area contributed by atoms with E-state index in [4.69, 9.17) is 10.5 Å². The zero-order valence-electron chi connectivity index (χ0n) is 25.1. The molecule has 2 atom stereocenters. The number of nitrogens with one attached hydrogen (secondary N) is 2. The van der Waals surface area contributed by atoms with Gasteiger partial charge in [-0.3, -0.25) is 14.4 Å². The molecule has 2 aromatic rings. The maximum absolute atomic E-state index is 14.2. The van der Waals surface area contributed by atoms with E-state index in [1.807, 2.05) is 51.1 Å². The summed E-state index contributed by atoms with van der Waals surface area (Å²) >= 11 is 0. The minimum absolute atomic E-state index is 0.0476. The standard InChI is InChI=1S/C32H44N4O5/c1-8-10-19-36(30(39)25(17-18-26(33)37)34-31(40)41-32(5,6)7)28(24-16-12-15-23(9-2)20-24)29(38)35-27-21(3)13-11-14-22(27)4/h9,11-16,20,25,28H,2,8,10,17-19H2,1,3-7H3,(H2,33,37)(H,34,40)(H,35,38). The summed E-state index contributed by atoms with van der Waals surface area (Å²) in [7, 11) is 0. The summed E-state index contributed by atoms with van der Waals surface area (Å²) in [5.41, 5.74) is 8.40. The van der Waals surface area contributed by atoms with Gasteiger partial charge in [0.15, 0.2) is 0 Å². The first-order valence-corrected chi connectivity index (χ1v) is 13.9. The van der Waals surface area contributed by atoms with E-state index in [-0.39, 0.29) is 19.4 Å². The second-order valence-corrected chi connectivity index (χ2v) is 11.1. The quantitative estimate of drug-likeness (QED) is 0.299. The van der Waals surface area contributed by atoms with Crippen molar-refractivity contribution in [3.05, 3.63) is 71.3 Å². The van der Waals surface area contributed by atoms with E-state index in [1.54, 1.807) is 39.0 Å². The first-order chi connectivity index (χ1) is 19.3. The molecular formula is C32H44N4O5. The van der Waals surface area contributed by atoms with Gasteiger partial charge in [-0.1, -0.05) is 62.4 Å². The minimum Gasteiger partial charge on any atom is -0.444 e. The van der Waals surface area contributed by atoms with Crippen LogP contribution in [0.15, 0.2) is 49.0 Å². The van der Waals surface area contributed by atoms with E-state index < -0.39 is 41.5 Å². The van der Waals surface area contributed by atoms with Crippen LogP contribution >= 0.6 is 0 Å². The van der Waals surface area contributed by atoms with Crippen LogP contribution in [0.3, 0.4) is 0 Å². The normalized spacial score (nSPS) is 12.5. The molecule has 0 aliphatic carbocycles. The Morgan fingerprint density at radius 3 is 2.27 bits per heavy atom. The van der Waals surface area contributed by atoms with Crippen molar-refractivity contribution < 1.29 is 23.9 Å². The number of hydrogen-bond donors (Lipinski definition) is 3. The van der Waals surface area contributed by atoms with Gasteiger partial charge in [-0.25, -0.2) is 4.79 Å². The predicted molar refractivity (Wildman–Crippen MR) is 162 cm³/mol. The van der Waals surface area contributed by atoms with E-state index >= 15 is 0 Å². The largest absolute Gasteiger partial charge is 0.444 e. The lowest BCUT2D eigenvalue weighted by atomic mass is 9.98. The minimum atomic E-state index is -1.15. The van der Waals surface area contributed by atoms with E-state index in [0.717, 1.165) is 23.1 Å². The number of carbonyl (C=O) groups is 4. The van der Waals surface area contributed by atoms with Gasteiger partial charge in [0, 0.05) is 18.7 Å². The fourth-order valence-corrected chi connectivity index (χ4v) is 4.42. The number of unbranched alkanes of at least 4 members (excludes halogenated alkanes) is 1.